The number of alkyl halides is 3. The van der Waals surface area contributed by atoms with Crippen LogP contribution in [0.25, 0.3) is 0 Å². The molecule has 0 amide bonds. The number of hydrogen-bond acceptors (Lipinski definition) is 4. The fourth-order valence-corrected chi connectivity index (χ4v) is 1.76. The van der Waals surface area contributed by atoms with Crippen molar-refractivity contribution < 1.29 is 27.4 Å². The minimum Gasteiger partial charge on any atom is -0.490 e. The summed E-state index contributed by atoms with van der Waals surface area (Å²) in [6.07, 6.45) is -3.59. The molecular weight excluding hydrogens is 275 g/mol. The van der Waals surface area contributed by atoms with Crippen molar-refractivity contribution in [3.8, 4) is 11.5 Å². The highest BCUT2D eigenvalue weighted by Crippen LogP contribution is 2.30. The van der Waals surface area contributed by atoms with Gasteiger partial charge in [0.05, 0.1) is 26.3 Å². The summed E-state index contributed by atoms with van der Waals surface area (Å²) in [5.74, 6) is 0.566. The van der Waals surface area contributed by atoms with Crippen molar-refractivity contribution in [1.82, 2.24) is 5.32 Å². The lowest BCUT2D eigenvalue weighted by Gasteiger charge is -2.10. The number of rotatable bonds is 4. The second kappa shape index (κ2) is 6.13. The molecule has 0 unspecified atom stereocenters. The second-order valence-corrected chi connectivity index (χ2v) is 4.35. The van der Waals surface area contributed by atoms with Gasteiger partial charge >= 0.3 is 6.18 Å². The van der Waals surface area contributed by atoms with Crippen LogP contribution in [0, 0.1) is 0 Å². The largest absolute Gasteiger partial charge is 0.490 e. The predicted octanol–water partition coefficient (Wildman–Crippen LogP) is 2.18. The third-order valence-electron chi connectivity index (χ3n) is 2.68. The Balaban J connectivity index is 1.98. The lowest BCUT2D eigenvalue weighted by atomic mass is 10.1. The Morgan fingerprint density at radius 2 is 1.90 bits per heavy atom. The van der Waals surface area contributed by atoms with Crippen LogP contribution in [0.2, 0.25) is 0 Å². The number of carbonyl (C=O) groups is 1. The van der Waals surface area contributed by atoms with E-state index in [1.54, 1.807) is 6.07 Å². The molecule has 20 heavy (non-hydrogen) atoms. The normalized spacial score (nSPS) is 14.8. The summed E-state index contributed by atoms with van der Waals surface area (Å²) in [5.41, 5.74) is 0.295. The van der Waals surface area contributed by atoms with Crippen LogP contribution in [0.4, 0.5) is 13.2 Å². The average molecular weight is 289 g/mol. The summed E-state index contributed by atoms with van der Waals surface area (Å²) in [4.78, 5) is 11.8. The molecule has 1 aromatic carbocycles. The molecule has 0 fully saturated rings. The van der Waals surface area contributed by atoms with E-state index in [2.05, 4.69) is 5.32 Å². The van der Waals surface area contributed by atoms with Gasteiger partial charge in [-0.15, -0.1) is 0 Å². The zero-order valence-electron chi connectivity index (χ0n) is 10.6. The standard InChI is InChI=1S/C13H14F3NO3/c14-13(15,16)8-17-7-10(18)9-2-3-11-12(6-9)20-5-1-4-19-11/h2-3,6,17H,1,4-5,7-8H2. The molecule has 1 aliphatic heterocycles. The molecule has 2 rings (SSSR count). The number of carbonyl (C=O) groups excluding carboxylic acids is 1. The lowest BCUT2D eigenvalue weighted by Crippen LogP contribution is -2.32. The number of ether oxygens (including phenoxy) is 2. The smallest absolute Gasteiger partial charge is 0.401 e. The minimum absolute atomic E-state index is 0.295. The quantitative estimate of drug-likeness (QED) is 0.863. The summed E-state index contributed by atoms with van der Waals surface area (Å²) in [6.45, 7) is -0.549. The molecule has 4 nitrogen and oxygen atoms in total. The van der Waals surface area contributed by atoms with Crippen molar-refractivity contribution in [3.63, 3.8) is 0 Å². The van der Waals surface area contributed by atoms with Crippen molar-refractivity contribution in [3.05, 3.63) is 23.8 Å². The highest BCUT2D eigenvalue weighted by Gasteiger charge is 2.26. The van der Waals surface area contributed by atoms with Crippen molar-refractivity contribution >= 4 is 5.78 Å². The van der Waals surface area contributed by atoms with Crippen molar-refractivity contribution in [2.75, 3.05) is 26.3 Å². The van der Waals surface area contributed by atoms with Gasteiger partial charge in [-0.25, -0.2) is 0 Å². The highest BCUT2D eigenvalue weighted by molar-refractivity contribution is 5.98. The molecule has 0 spiro atoms. The van der Waals surface area contributed by atoms with Gasteiger partial charge in [-0.1, -0.05) is 0 Å². The Morgan fingerprint density at radius 3 is 2.60 bits per heavy atom. The fourth-order valence-electron chi connectivity index (χ4n) is 1.76. The summed E-state index contributed by atoms with van der Waals surface area (Å²) >= 11 is 0. The molecular formula is C13H14F3NO3. The Morgan fingerprint density at radius 1 is 1.20 bits per heavy atom. The van der Waals surface area contributed by atoms with Gasteiger partial charge in [0.1, 0.15) is 0 Å². The van der Waals surface area contributed by atoms with Crippen LogP contribution in [-0.4, -0.2) is 38.3 Å². The zero-order chi connectivity index (χ0) is 14.6. The van der Waals surface area contributed by atoms with Crippen LogP contribution < -0.4 is 14.8 Å². The Labute approximate surface area is 113 Å². The van der Waals surface area contributed by atoms with Gasteiger partial charge in [0.2, 0.25) is 0 Å². The minimum atomic E-state index is -4.33. The van der Waals surface area contributed by atoms with Crippen LogP contribution in [0.3, 0.4) is 0 Å². The highest BCUT2D eigenvalue weighted by atomic mass is 19.4. The van der Waals surface area contributed by atoms with Crippen LogP contribution in [0.5, 0.6) is 11.5 Å². The summed E-state index contributed by atoms with van der Waals surface area (Å²) in [5, 5.41) is 2.07. The number of benzene rings is 1. The van der Waals surface area contributed by atoms with Gasteiger partial charge in [0.25, 0.3) is 0 Å². The third kappa shape index (κ3) is 4.12. The Bertz CT molecular complexity index is 488. The van der Waals surface area contributed by atoms with Gasteiger partial charge in [-0.05, 0) is 18.2 Å². The predicted molar refractivity (Wildman–Crippen MR) is 65.3 cm³/mol. The molecule has 0 radical (unpaired) electrons. The van der Waals surface area contributed by atoms with Gasteiger partial charge in [-0.3, -0.25) is 4.79 Å². The van der Waals surface area contributed by atoms with Crippen molar-refractivity contribution in [2.24, 2.45) is 0 Å². The molecule has 0 aliphatic carbocycles. The van der Waals surface area contributed by atoms with Gasteiger partial charge in [0, 0.05) is 12.0 Å². The molecule has 0 aromatic heterocycles. The van der Waals surface area contributed by atoms with E-state index in [0.717, 1.165) is 6.42 Å². The molecule has 7 heteroatoms. The van der Waals surface area contributed by atoms with Gasteiger partial charge in [-0.2, -0.15) is 13.2 Å². The van der Waals surface area contributed by atoms with E-state index in [1.165, 1.54) is 12.1 Å². The molecule has 0 bridgehead atoms. The van der Waals surface area contributed by atoms with E-state index in [9.17, 15) is 18.0 Å². The third-order valence-corrected chi connectivity index (χ3v) is 2.68. The molecule has 1 aromatic rings. The fraction of sp³-hybridized carbons (Fsp3) is 0.462. The average Bonchev–Trinajstić information content (AvgIpc) is 2.61. The van der Waals surface area contributed by atoms with E-state index in [0.29, 0.717) is 30.3 Å². The molecule has 1 heterocycles. The maximum absolute atomic E-state index is 12.0. The molecule has 0 atom stereocenters. The van der Waals surface area contributed by atoms with Crippen molar-refractivity contribution in [1.29, 1.82) is 0 Å². The topological polar surface area (TPSA) is 47.6 Å². The SMILES string of the molecule is O=C(CNCC(F)(F)F)c1ccc2c(c1)OCCCO2. The molecule has 110 valence electrons. The molecule has 1 aliphatic rings. The van der Waals surface area contributed by atoms with Gasteiger partial charge in [0.15, 0.2) is 17.3 Å². The van der Waals surface area contributed by atoms with E-state index in [1.807, 2.05) is 0 Å². The number of Topliss-reactive ketones (excluding diaryl/α,β-unsaturated/α-hetero) is 1. The Kier molecular flexibility index (Phi) is 4.49. The van der Waals surface area contributed by atoms with Crippen LogP contribution in [0.15, 0.2) is 18.2 Å². The summed E-state index contributed by atoms with van der Waals surface area (Å²) < 4.78 is 46.7. The Hall–Kier alpha value is -1.76. The maximum Gasteiger partial charge on any atom is 0.401 e. The lowest BCUT2D eigenvalue weighted by molar-refractivity contribution is -0.124. The van der Waals surface area contributed by atoms with E-state index >= 15 is 0 Å². The number of ketones is 1. The van der Waals surface area contributed by atoms with Crippen LogP contribution in [-0.2, 0) is 0 Å². The van der Waals surface area contributed by atoms with Crippen molar-refractivity contribution in [2.45, 2.75) is 12.6 Å². The molecule has 0 saturated heterocycles. The van der Waals surface area contributed by atoms with E-state index in [-0.39, 0.29) is 6.54 Å². The first-order valence-corrected chi connectivity index (χ1v) is 6.16. The zero-order valence-corrected chi connectivity index (χ0v) is 10.6. The molecule has 1 N–H and O–H groups in total. The summed E-state index contributed by atoms with van der Waals surface area (Å²) in [6, 6.07) is 4.61. The van der Waals surface area contributed by atoms with Gasteiger partial charge < -0.3 is 14.8 Å². The van der Waals surface area contributed by atoms with Crippen LogP contribution >= 0.6 is 0 Å². The van der Waals surface area contributed by atoms with E-state index in [4.69, 9.17) is 9.47 Å². The number of nitrogens with one attached hydrogen (secondary N) is 1. The van der Waals surface area contributed by atoms with E-state index < -0.39 is 18.5 Å². The second-order valence-electron chi connectivity index (χ2n) is 4.35. The molecule has 0 saturated carbocycles. The summed E-state index contributed by atoms with van der Waals surface area (Å²) in [7, 11) is 0. The number of fused-ring (bicyclic) bond motifs is 1. The maximum atomic E-state index is 12.0. The first-order chi connectivity index (χ1) is 9.46. The first-order valence-electron chi connectivity index (χ1n) is 6.16. The monoisotopic (exact) mass is 289 g/mol. The first kappa shape index (κ1) is 14.6. The number of halogens is 3. The van der Waals surface area contributed by atoms with Crippen LogP contribution in [0.1, 0.15) is 16.8 Å². The number of hydrogen-bond donors (Lipinski definition) is 1.